The van der Waals surface area contributed by atoms with Crippen molar-refractivity contribution in [1.29, 1.82) is 0 Å². The van der Waals surface area contributed by atoms with Crippen molar-refractivity contribution in [2.45, 2.75) is 26.3 Å². The van der Waals surface area contributed by atoms with Gasteiger partial charge in [-0.25, -0.2) is 9.37 Å². The Morgan fingerprint density at radius 2 is 1.88 bits per heavy atom. The lowest BCUT2D eigenvalue weighted by atomic mass is 10.0. The van der Waals surface area contributed by atoms with Gasteiger partial charge in [-0.2, -0.15) is 0 Å². The first-order valence-electron chi connectivity index (χ1n) is 8.51. The van der Waals surface area contributed by atoms with Crippen molar-refractivity contribution < 1.29 is 9.18 Å². The SMILES string of the molecule is CC1=C(c2ccccc2)C(=O)N(C(C)(C)c2nc3cc(F)ccc3s2)C1. The second-order valence-electron chi connectivity index (χ2n) is 7.10. The van der Waals surface area contributed by atoms with Gasteiger partial charge < -0.3 is 4.90 Å². The average Bonchev–Trinajstić information content (AvgIpc) is 3.17. The molecule has 1 amide bonds. The first kappa shape index (κ1) is 16.9. The Bertz CT molecular complexity index is 1040. The average molecular weight is 366 g/mol. The summed E-state index contributed by atoms with van der Waals surface area (Å²) < 4.78 is 14.4. The Morgan fingerprint density at radius 1 is 1.15 bits per heavy atom. The molecule has 0 saturated heterocycles. The van der Waals surface area contributed by atoms with Crippen LogP contribution in [0.4, 0.5) is 4.39 Å². The highest BCUT2D eigenvalue weighted by Crippen LogP contribution is 2.40. The van der Waals surface area contributed by atoms with E-state index in [1.165, 1.54) is 23.5 Å². The van der Waals surface area contributed by atoms with Crippen molar-refractivity contribution in [1.82, 2.24) is 9.88 Å². The molecule has 0 spiro atoms. The molecule has 0 radical (unpaired) electrons. The number of carbonyl (C=O) groups excluding carboxylic acids is 1. The number of hydrogen-bond donors (Lipinski definition) is 0. The molecule has 1 aliphatic rings. The van der Waals surface area contributed by atoms with Gasteiger partial charge in [0.05, 0.1) is 15.8 Å². The molecule has 0 unspecified atom stereocenters. The maximum Gasteiger partial charge on any atom is 0.255 e. The van der Waals surface area contributed by atoms with Crippen LogP contribution in [-0.4, -0.2) is 22.3 Å². The molecule has 3 nitrogen and oxygen atoms in total. The molecule has 1 aliphatic heterocycles. The summed E-state index contributed by atoms with van der Waals surface area (Å²) in [6, 6.07) is 14.4. The Hall–Kier alpha value is -2.53. The van der Waals surface area contributed by atoms with Crippen molar-refractivity contribution in [3.05, 3.63) is 70.5 Å². The van der Waals surface area contributed by atoms with Crippen LogP contribution in [0.3, 0.4) is 0 Å². The summed E-state index contributed by atoms with van der Waals surface area (Å²) in [6.07, 6.45) is 0. The summed E-state index contributed by atoms with van der Waals surface area (Å²) in [5.74, 6) is -0.280. The fourth-order valence-corrected chi connectivity index (χ4v) is 4.47. The molecule has 0 N–H and O–H groups in total. The lowest BCUT2D eigenvalue weighted by Gasteiger charge is -2.34. The van der Waals surface area contributed by atoms with Crippen LogP contribution in [0.25, 0.3) is 15.8 Å². The minimum absolute atomic E-state index is 0.0177. The van der Waals surface area contributed by atoms with Gasteiger partial charge in [-0.1, -0.05) is 30.3 Å². The first-order valence-corrected chi connectivity index (χ1v) is 9.33. The van der Waals surface area contributed by atoms with Gasteiger partial charge in [0, 0.05) is 18.2 Å². The number of nitrogens with zero attached hydrogens (tertiary/aromatic N) is 2. The third kappa shape index (κ3) is 2.63. The van der Waals surface area contributed by atoms with E-state index in [1.807, 2.05) is 56.0 Å². The zero-order valence-corrected chi connectivity index (χ0v) is 15.7. The number of amides is 1. The second kappa shape index (κ2) is 6.02. The second-order valence-corrected chi connectivity index (χ2v) is 8.13. The van der Waals surface area contributed by atoms with E-state index < -0.39 is 5.54 Å². The Morgan fingerprint density at radius 3 is 2.62 bits per heavy atom. The number of fused-ring (bicyclic) bond motifs is 1. The van der Waals surface area contributed by atoms with Crippen molar-refractivity contribution in [2.75, 3.05) is 6.54 Å². The van der Waals surface area contributed by atoms with E-state index in [1.54, 1.807) is 6.07 Å². The van der Waals surface area contributed by atoms with Gasteiger partial charge in [0.2, 0.25) is 0 Å². The van der Waals surface area contributed by atoms with E-state index in [-0.39, 0.29) is 11.7 Å². The quantitative estimate of drug-likeness (QED) is 0.654. The molecule has 0 atom stereocenters. The van der Waals surface area contributed by atoms with Crippen molar-refractivity contribution in [3.63, 3.8) is 0 Å². The molecule has 0 bridgehead atoms. The predicted molar refractivity (Wildman–Crippen MR) is 103 cm³/mol. The van der Waals surface area contributed by atoms with Crippen LogP contribution in [0.5, 0.6) is 0 Å². The van der Waals surface area contributed by atoms with Gasteiger partial charge in [-0.3, -0.25) is 4.79 Å². The predicted octanol–water partition coefficient (Wildman–Crippen LogP) is 4.99. The smallest absolute Gasteiger partial charge is 0.255 e. The van der Waals surface area contributed by atoms with Crippen LogP contribution in [0.1, 0.15) is 31.3 Å². The molecule has 2 heterocycles. The Labute approximate surface area is 155 Å². The van der Waals surface area contributed by atoms with Crippen LogP contribution in [-0.2, 0) is 10.3 Å². The van der Waals surface area contributed by atoms with E-state index in [0.717, 1.165) is 26.4 Å². The number of hydrogen-bond acceptors (Lipinski definition) is 3. The number of benzene rings is 2. The van der Waals surface area contributed by atoms with Gasteiger partial charge >= 0.3 is 0 Å². The molecule has 0 aliphatic carbocycles. The largest absolute Gasteiger partial charge is 0.323 e. The summed E-state index contributed by atoms with van der Waals surface area (Å²) >= 11 is 1.51. The topological polar surface area (TPSA) is 33.2 Å². The molecular formula is C21H19FN2OS. The molecule has 2 aromatic carbocycles. The van der Waals surface area contributed by atoms with Crippen LogP contribution in [0, 0.1) is 5.82 Å². The third-order valence-corrected chi connectivity index (χ3v) is 6.24. The van der Waals surface area contributed by atoms with Crippen molar-refractivity contribution >= 4 is 33.0 Å². The van der Waals surface area contributed by atoms with Crippen molar-refractivity contribution in [3.8, 4) is 0 Å². The molecule has 1 aromatic heterocycles. The van der Waals surface area contributed by atoms with Gasteiger partial charge in [-0.15, -0.1) is 11.3 Å². The summed E-state index contributed by atoms with van der Waals surface area (Å²) in [5.41, 5.74) is 2.83. The summed E-state index contributed by atoms with van der Waals surface area (Å²) in [7, 11) is 0. The fourth-order valence-electron chi connectivity index (χ4n) is 3.41. The van der Waals surface area contributed by atoms with Crippen LogP contribution in [0.15, 0.2) is 54.1 Å². The Kier molecular flexibility index (Phi) is 3.92. The van der Waals surface area contributed by atoms with Gasteiger partial charge in [0.15, 0.2) is 0 Å². The molecule has 26 heavy (non-hydrogen) atoms. The summed E-state index contributed by atoms with van der Waals surface area (Å²) in [6.45, 7) is 6.57. The minimum atomic E-state index is -0.574. The summed E-state index contributed by atoms with van der Waals surface area (Å²) in [4.78, 5) is 19.7. The Balaban J connectivity index is 1.71. The maximum absolute atomic E-state index is 13.5. The zero-order valence-electron chi connectivity index (χ0n) is 14.9. The van der Waals surface area contributed by atoms with E-state index >= 15 is 0 Å². The first-order chi connectivity index (χ1) is 12.4. The van der Waals surface area contributed by atoms with Crippen LogP contribution >= 0.6 is 11.3 Å². The van der Waals surface area contributed by atoms with Gasteiger partial charge in [0.1, 0.15) is 10.8 Å². The van der Waals surface area contributed by atoms with E-state index in [4.69, 9.17) is 0 Å². The third-order valence-electron chi connectivity index (χ3n) is 4.89. The minimum Gasteiger partial charge on any atom is -0.323 e. The normalized spacial score (nSPS) is 15.4. The lowest BCUT2D eigenvalue weighted by molar-refractivity contribution is -0.128. The van der Waals surface area contributed by atoms with E-state index in [0.29, 0.717) is 12.1 Å². The highest BCUT2D eigenvalue weighted by atomic mass is 32.1. The lowest BCUT2D eigenvalue weighted by Crippen LogP contribution is -2.43. The van der Waals surface area contributed by atoms with E-state index in [9.17, 15) is 9.18 Å². The highest BCUT2D eigenvalue weighted by Gasteiger charge is 2.41. The van der Waals surface area contributed by atoms with Gasteiger partial charge in [0.25, 0.3) is 5.91 Å². The van der Waals surface area contributed by atoms with Crippen molar-refractivity contribution in [2.24, 2.45) is 0 Å². The standard InChI is InChI=1S/C21H19FN2OS/c1-13-12-24(19(25)18(13)14-7-5-4-6-8-14)21(2,3)20-23-16-11-15(22)9-10-17(16)26-20/h4-11H,12H2,1-3H3. The maximum atomic E-state index is 13.5. The van der Waals surface area contributed by atoms with E-state index in [2.05, 4.69) is 4.98 Å². The molecule has 0 saturated carbocycles. The number of aromatic nitrogens is 1. The number of thiazole rings is 1. The number of carbonyl (C=O) groups is 1. The highest BCUT2D eigenvalue weighted by molar-refractivity contribution is 7.18. The molecular weight excluding hydrogens is 347 g/mol. The fraction of sp³-hybridized carbons (Fsp3) is 0.238. The zero-order chi connectivity index (χ0) is 18.5. The molecule has 5 heteroatoms. The van der Waals surface area contributed by atoms with Crippen LogP contribution in [0.2, 0.25) is 0 Å². The number of rotatable bonds is 3. The monoisotopic (exact) mass is 366 g/mol. The molecule has 4 rings (SSSR count). The van der Waals surface area contributed by atoms with Crippen LogP contribution < -0.4 is 0 Å². The van der Waals surface area contributed by atoms with Gasteiger partial charge in [-0.05, 0) is 44.0 Å². The molecule has 0 fully saturated rings. The molecule has 3 aromatic rings. The molecule has 132 valence electrons. The summed E-state index contributed by atoms with van der Waals surface area (Å²) in [5, 5.41) is 0.813. The number of halogens is 1.